The summed E-state index contributed by atoms with van der Waals surface area (Å²) in [7, 11) is -3.45. The number of hydrogen-bond acceptors (Lipinski definition) is 2. The molecular weight excluding hydrogens is 297 g/mol. The van der Waals surface area contributed by atoms with Crippen LogP contribution in [0.5, 0.6) is 0 Å². The van der Waals surface area contributed by atoms with Crippen LogP contribution in [-0.4, -0.2) is 18.8 Å². The topological polar surface area (TPSA) is 37.4 Å². The van der Waals surface area contributed by atoms with Crippen molar-refractivity contribution in [2.24, 2.45) is 0 Å². The molecule has 0 aliphatic carbocycles. The highest BCUT2D eigenvalue weighted by molar-refractivity contribution is 9.10. The van der Waals surface area contributed by atoms with Gasteiger partial charge in [-0.3, -0.25) is 0 Å². The van der Waals surface area contributed by atoms with Crippen molar-refractivity contribution >= 4 is 26.0 Å². The lowest BCUT2D eigenvalue weighted by Crippen LogP contribution is -2.31. The SMILES string of the molecule is CC(C)N1Cc2cc(F)c(Br)cc2S1(=O)=O. The Morgan fingerprint density at radius 2 is 2.06 bits per heavy atom. The van der Waals surface area contributed by atoms with E-state index in [1.54, 1.807) is 13.8 Å². The van der Waals surface area contributed by atoms with Crippen LogP contribution >= 0.6 is 15.9 Å². The number of hydrogen-bond donors (Lipinski definition) is 0. The van der Waals surface area contributed by atoms with Gasteiger partial charge in [0.05, 0.1) is 9.37 Å². The Labute approximate surface area is 102 Å². The van der Waals surface area contributed by atoms with E-state index in [9.17, 15) is 12.8 Å². The zero-order valence-electron chi connectivity index (χ0n) is 8.87. The molecule has 1 aromatic carbocycles. The normalized spacial score (nSPS) is 19.1. The summed E-state index contributed by atoms with van der Waals surface area (Å²) in [4.78, 5) is 0.203. The Morgan fingerprint density at radius 1 is 1.44 bits per heavy atom. The molecule has 0 saturated carbocycles. The van der Waals surface area contributed by atoms with E-state index in [4.69, 9.17) is 0 Å². The molecule has 0 saturated heterocycles. The van der Waals surface area contributed by atoms with E-state index in [2.05, 4.69) is 15.9 Å². The highest BCUT2D eigenvalue weighted by atomic mass is 79.9. The lowest BCUT2D eigenvalue weighted by Gasteiger charge is -2.18. The zero-order valence-corrected chi connectivity index (χ0v) is 11.3. The van der Waals surface area contributed by atoms with Gasteiger partial charge >= 0.3 is 0 Å². The van der Waals surface area contributed by atoms with Crippen LogP contribution in [-0.2, 0) is 16.6 Å². The van der Waals surface area contributed by atoms with Crippen LogP contribution < -0.4 is 0 Å². The maximum Gasteiger partial charge on any atom is 0.243 e. The third-order valence-electron chi connectivity index (χ3n) is 2.59. The minimum Gasteiger partial charge on any atom is -0.207 e. The smallest absolute Gasteiger partial charge is 0.207 e. The van der Waals surface area contributed by atoms with E-state index >= 15 is 0 Å². The lowest BCUT2D eigenvalue weighted by molar-refractivity contribution is 0.363. The van der Waals surface area contributed by atoms with Crippen LogP contribution in [0.25, 0.3) is 0 Å². The molecule has 0 radical (unpaired) electrons. The Bertz CT molecular complexity index is 542. The average Bonchev–Trinajstić information content (AvgIpc) is 2.41. The number of fused-ring (bicyclic) bond motifs is 1. The predicted octanol–water partition coefficient (Wildman–Crippen LogP) is 2.50. The molecule has 0 N–H and O–H groups in total. The van der Waals surface area contributed by atoms with Gasteiger partial charge in [0, 0.05) is 12.6 Å². The van der Waals surface area contributed by atoms with Crippen LogP contribution in [0.1, 0.15) is 19.4 Å². The number of sulfonamides is 1. The number of benzene rings is 1. The van der Waals surface area contributed by atoms with Crippen LogP contribution in [0.4, 0.5) is 4.39 Å². The highest BCUT2D eigenvalue weighted by Gasteiger charge is 2.36. The fourth-order valence-corrected chi connectivity index (χ4v) is 4.11. The van der Waals surface area contributed by atoms with Gasteiger partial charge in [-0.1, -0.05) is 0 Å². The van der Waals surface area contributed by atoms with Crippen LogP contribution in [0.2, 0.25) is 0 Å². The minimum atomic E-state index is -3.45. The molecule has 1 aliphatic heterocycles. The van der Waals surface area contributed by atoms with Gasteiger partial charge in [-0.05, 0) is 47.5 Å². The summed E-state index contributed by atoms with van der Waals surface area (Å²) >= 11 is 3.00. The second-order valence-electron chi connectivity index (χ2n) is 4.02. The molecule has 1 aliphatic rings. The Morgan fingerprint density at radius 3 is 2.62 bits per heavy atom. The first-order chi connectivity index (χ1) is 7.34. The summed E-state index contributed by atoms with van der Waals surface area (Å²) in [6.45, 7) is 3.85. The summed E-state index contributed by atoms with van der Waals surface area (Å²) < 4.78 is 39.0. The molecule has 0 amide bonds. The lowest BCUT2D eigenvalue weighted by atomic mass is 10.2. The van der Waals surface area contributed by atoms with E-state index < -0.39 is 15.8 Å². The van der Waals surface area contributed by atoms with E-state index in [1.165, 1.54) is 16.4 Å². The van der Waals surface area contributed by atoms with Crippen molar-refractivity contribution in [3.63, 3.8) is 0 Å². The minimum absolute atomic E-state index is 0.126. The molecule has 2 rings (SSSR count). The maximum absolute atomic E-state index is 13.3. The van der Waals surface area contributed by atoms with E-state index in [0.717, 1.165) is 0 Å². The molecule has 1 aromatic rings. The number of halogens is 2. The molecular formula is C10H11BrFNO2S. The summed E-state index contributed by atoms with van der Waals surface area (Å²) in [6.07, 6.45) is 0. The van der Waals surface area contributed by atoms with Gasteiger partial charge in [0.2, 0.25) is 10.0 Å². The summed E-state index contributed by atoms with van der Waals surface area (Å²) in [5.41, 5.74) is 0.523. The first-order valence-electron chi connectivity index (χ1n) is 4.84. The van der Waals surface area contributed by atoms with Crippen molar-refractivity contribution in [2.75, 3.05) is 0 Å². The van der Waals surface area contributed by atoms with Gasteiger partial charge < -0.3 is 0 Å². The summed E-state index contributed by atoms with van der Waals surface area (Å²) in [5.74, 6) is -0.431. The second kappa shape index (κ2) is 3.78. The number of nitrogens with zero attached hydrogens (tertiary/aromatic N) is 1. The fraction of sp³-hybridized carbons (Fsp3) is 0.400. The van der Waals surface area contributed by atoms with Gasteiger partial charge in [0.15, 0.2) is 0 Å². The van der Waals surface area contributed by atoms with Crippen molar-refractivity contribution in [2.45, 2.75) is 31.3 Å². The van der Waals surface area contributed by atoms with Crippen molar-refractivity contribution < 1.29 is 12.8 Å². The predicted molar refractivity (Wildman–Crippen MR) is 62.0 cm³/mol. The standard InChI is InChI=1S/C10H11BrFNO2S/c1-6(2)13-5-7-3-9(12)8(11)4-10(7)16(13,14)15/h3-4,6H,5H2,1-2H3. The molecule has 0 fully saturated rings. The quantitative estimate of drug-likeness (QED) is 0.799. The second-order valence-corrected chi connectivity index (χ2v) is 6.73. The zero-order chi connectivity index (χ0) is 12.1. The number of rotatable bonds is 1. The van der Waals surface area contributed by atoms with Crippen molar-refractivity contribution in [1.82, 2.24) is 4.31 Å². The fourth-order valence-electron chi connectivity index (χ4n) is 1.77. The van der Waals surface area contributed by atoms with Gasteiger partial charge in [0.25, 0.3) is 0 Å². The first-order valence-corrected chi connectivity index (χ1v) is 7.07. The van der Waals surface area contributed by atoms with Crippen molar-refractivity contribution in [1.29, 1.82) is 0 Å². The van der Waals surface area contributed by atoms with Gasteiger partial charge in [-0.2, -0.15) is 4.31 Å². The average molecular weight is 308 g/mol. The summed E-state index contributed by atoms with van der Waals surface area (Å²) in [5, 5.41) is 0. The Kier molecular flexibility index (Phi) is 2.84. The molecule has 6 heteroatoms. The van der Waals surface area contributed by atoms with E-state index in [0.29, 0.717) is 5.56 Å². The van der Waals surface area contributed by atoms with Crippen molar-refractivity contribution in [3.05, 3.63) is 28.0 Å². The van der Waals surface area contributed by atoms with E-state index in [-0.39, 0.29) is 22.0 Å². The Hall–Kier alpha value is -0.460. The van der Waals surface area contributed by atoms with Crippen molar-refractivity contribution in [3.8, 4) is 0 Å². The first kappa shape index (κ1) is 12.0. The third kappa shape index (κ3) is 1.69. The maximum atomic E-state index is 13.3. The van der Waals surface area contributed by atoms with Crippen LogP contribution in [0.3, 0.4) is 0 Å². The van der Waals surface area contributed by atoms with Gasteiger partial charge in [0.1, 0.15) is 5.82 Å². The monoisotopic (exact) mass is 307 g/mol. The Balaban J connectivity index is 2.62. The largest absolute Gasteiger partial charge is 0.243 e. The summed E-state index contributed by atoms with van der Waals surface area (Å²) in [6, 6.07) is 2.49. The molecule has 0 unspecified atom stereocenters. The molecule has 0 atom stereocenters. The molecule has 0 bridgehead atoms. The highest BCUT2D eigenvalue weighted by Crippen LogP contribution is 2.34. The van der Waals surface area contributed by atoms with Gasteiger partial charge in [-0.15, -0.1) is 0 Å². The van der Waals surface area contributed by atoms with Crippen LogP contribution in [0.15, 0.2) is 21.5 Å². The van der Waals surface area contributed by atoms with Gasteiger partial charge in [-0.25, -0.2) is 12.8 Å². The molecule has 0 aromatic heterocycles. The van der Waals surface area contributed by atoms with Crippen LogP contribution in [0, 0.1) is 5.82 Å². The molecule has 0 spiro atoms. The molecule has 3 nitrogen and oxygen atoms in total. The third-order valence-corrected chi connectivity index (χ3v) is 5.30. The molecule has 16 heavy (non-hydrogen) atoms. The van der Waals surface area contributed by atoms with E-state index in [1.807, 2.05) is 0 Å². The molecule has 88 valence electrons. The molecule has 1 heterocycles.